The summed E-state index contributed by atoms with van der Waals surface area (Å²) in [4.78, 5) is 5.26. The van der Waals surface area contributed by atoms with Crippen LogP contribution in [0.1, 0.15) is 132 Å². The number of rotatable bonds is 3. The first-order valence-electron chi connectivity index (χ1n) is 25.4. The van der Waals surface area contributed by atoms with Crippen molar-refractivity contribution in [3.8, 4) is 11.1 Å². The summed E-state index contributed by atoms with van der Waals surface area (Å²) in [5.41, 5.74) is 20.4. The van der Waals surface area contributed by atoms with E-state index in [0.29, 0.717) is 0 Å². The minimum Gasteiger partial charge on any atom is -0.311 e. The van der Waals surface area contributed by atoms with Crippen LogP contribution in [0, 0.1) is 0 Å². The molecule has 0 aromatic heterocycles. The predicted octanol–water partition coefficient (Wildman–Crippen LogP) is 16.8. The Hall–Kier alpha value is -6.32. The molecule has 69 heavy (non-hydrogen) atoms. The van der Waals surface area contributed by atoms with Crippen molar-refractivity contribution in [2.24, 2.45) is 0 Å². The molecule has 0 fully saturated rings. The molecule has 0 N–H and O–H groups in total. The van der Waals surface area contributed by atoms with Crippen molar-refractivity contribution in [2.45, 2.75) is 131 Å². The number of anilines is 6. The standard InChI is InChI=1S/C66H69BN2/c1-62(2,3)45-23-28-50(29-24-45)68-55-31-26-47(64(7,8)9)36-52(55)67-53-37-48(65(10,11)12)27-32-56(53)69(58-39-49(66(13,14)15)38-57(68)61(58)67)54-30-25-46(63(4,5)6)35-51(54)44-33-42-21-19-40-17-16-18-41-20-22-43(34-44)60(42)59(40)41/h16-39H,1-15H3. The van der Waals surface area contributed by atoms with Crippen LogP contribution in [-0.2, 0) is 27.1 Å². The highest BCUT2D eigenvalue weighted by Crippen LogP contribution is 2.50. The third-order valence-electron chi connectivity index (χ3n) is 15.5. The minimum absolute atomic E-state index is 0.00927. The number of nitrogens with zero attached hydrogens (tertiary/aromatic N) is 2. The summed E-state index contributed by atoms with van der Waals surface area (Å²) < 4.78 is 0. The molecular weight excluding hydrogens is 832 g/mol. The fourth-order valence-corrected chi connectivity index (χ4v) is 11.4. The number of fused-ring (bicyclic) bond motifs is 4. The summed E-state index contributed by atoms with van der Waals surface area (Å²) in [5, 5.41) is 7.84. The van der Waals surface area contributed by atoms with Crippen LogP contribution < -0.4 is 26.2 Å². The number of hydrogen-bond donors (Lipinski definition) is 0. The van der Waals surface area contributed by atoms with Gasteiger partial charge in [-0.3, -0.25) is 0 Å². The molecule has 2 aliphatic rings. The Kier molecular flexibility index (Phi) is 9.88. The lowest BCUT2D eigenvalue weighted by atomic mass is 9.33. The molecule has 346 valence electrons. The van der Waals surface area contributed by atoms with Gasteiger partial charge in [0.2, 0.25) is 0 Å². The molecule has 0 radical (unpaired) electrons. The van der Waals surface area contributed by atoms with E-state index in [9.17, 15) is 0 Å². The van der Waals surface area contributed by atoms with E-state index in [1.54, 1.807) is 0 Å². The van der Waals surface area contributed by atoms with Crippen molar-refractivity contribution in [1.82, 2.24) is 0 Å². The van der Waals surface area contributed by atoms with Crippen molar-refractivity contribution >= 4 is 89.5 Å². The molecule has 0 saturated carbocycles. The first-order valence-corrected chi connectivity index (χ1v) is 25.4. The first kappa shape index (κ1) is 45.1. The van der Waals surface area contributed by atoms with Gasteiger partial charge in [-0.2, -0.15) is 0 Å². The average Bonchev–Trinajstić information content (AvgIpc) is 3.28. The predicted molar refractivity (Wildman–Crippen MR) is 303 cm³/mol. The molecule has 0 saturated heterocycles. The second-order valence-electron chi connectivity index (χ2n) is 25.6. The van der Waals surface area contributed by atoms with Crippen LogP contribution >= 0.6 is 0 Å². The van der Waals surface area contributed by atoms with E-state index in [-0.39, 0.29) is 33.8 Å². The highest BCUT2D eigenvalue weighted by molar-refractivity contribution is 7.00. The zero-order chi connectivity index (χ0) is 48.9. The Morgan fingerprint density at radius 3 is 1.22 bits per heavy atom. The van der Waals surface area contributed by atoms with Crippen LogP contribution in [0.25, 0.3) is 43.4 Å². The van der Waals surface area contributed by atoms with Gasteiger partial charge in [-0.1, -0.05) is 189 Å². The maximum atomic E-state index is 2.66. The quantitative estimate of drug-likeness (QED) is 0.129. The van der Waals surface area contributed by atoms with E-state index >= 15 is 0 Å². The van der Waals surface area contributed by atoms with Crippen LogP contribution in [-0.4, -0.2) is 6.71 Å². The largest absolute Gasteiger partial charge is 0.311 e. The fraction of sp³-hybridized carbons (Fsp3) is 0.303. The van der Waals surface area contributed by atoms with Crippen LogP contribution in [0.3, 0.4) is 0 Å². The molecule has 0 atom stereocenters. The van der Waals surface area contributed by atoms with Crippen molar-refractivity contribution in [3.63, 3.8) is 0 Å². The second-order valence-corrected chi connectivity index (χ2v) is 25.6. The summed E-state index contributed by atoms with van der Waals surface area (Å²) in [7, 11) is 0. The van der Waals surface area contributed by atoms with Gasteiger partial charge in [0, 0.05) is 34.0 Å². The third-order valence-corrected chi connectivity index (χ3v) is 15.5. The SMILES string of the molecule is CC(C)(C)c1ccc(N2c3ccc(C(C)(C)C)cc3B3c4cc(C(C)(C)C)ccc4N(c4ccc(C(C)(C)C)cc4-c4cc5ccc6cccc7ccc(c4)c5c67)c4cc(C(C)(C)C)cc2c43)cc1. The summed E-state index contributed by atoms with van der Waals surface area (Å²) in [6, 6.07) is 57.5. The highest BCUT2D eigenvalue weighted by Gasteiger charge is 2.45. The van der Waals surface area contributed by atoms with Crippen molar-refractivity contribution in [3.05, 3.63) is 173 Å². The fourth-order valence-electron chi connectivity index (χ4n) is 11.4. The maximum Gasteiger partial charge on any atom is 0.252 e. The zero-order valence-corrected chi connectivity index (χ0v) is 43.8. The molecule has 2 nitrogen and oxygen atoms in total. The maximum absolute atomic E-state index is 2.66. The number of hydrogen-bond acceptors (Lipinski definition) is 2. The van der Waals surface area contributed by atoms with E-state index in [2.05, 4.69) is 259 Å². The number of benzene rings is 9. The molecule has 0 bridgehead atoms. The Bertz CT molecular complexity index is 3460. The first-order chi connectivity index (χ1) is 32.4. The molecule has 2 aliphatic heterocycles. The Morgan fingerprint density at radius 1 is 0.319 bits per heavy atom. The van der Waals surface area contributed by atoms with Gasteiger partial charge in [0.15, 0.2) is 0 Å². The van der Waals surface area contributed by atoms with E-state index < -0.39 is 0 Å². The molecule has 3 heteroatoms. The average molecular weight is 901 g/mol. The molecule has 9 aromatic carbocycles. The van der Waals surface area contributed by atoms with Gasteiger partial charge in [-0.05, 0) is 170 Å². The smallest absolute Gasteiger partial charge is 0.252 e. The van der Waals surface area contributed by atoms with Crippen molar-refractivity contribution in [2.75, 3.05) is 9.80 Å². The Morgan fingerprint density at radius 2 is 0.725 bits per heavy atom. The van der Waals surface area contributed by atoms with Gasteiger partial charge in [-0.15, -0.1) is 0 Å². The van der Waals surface area contributed by atoms with Gasteiger partial charge in [-0.25, -0.2) is 0 Å². The monoisotopic (exact) mass is 901 g/mol. The van der Waals surface area contributed by atoms with Gasteiger partial charge >= 0.3 is 0 Å². The van der Waals surface area contributed by atoms with Crippen LogP contribution in [0.15, 0.2) is 146 Å². The van der Waals surface area contributed by atoms with E-state index in [4.69, 9.17) is 0 Å². The topological polar surface area (TPSA) is 6.48 Å². The molecule has 2 heterocycles. The lowest BCUT2D eigenvalue weighted by Gasteiger charge is -2.46. The molecule has 0 unspecified atom stereocenters. The zero-order valence-electron chi connectivity index (χ0n) is 43.8. The molecule has 0 aliphatic carbocycles. The van der Waals surface area contributed by atoms with E-state index in [1.807, 2.05) is 0 Å². The van der Waals surface area contributed by atoms with Gasteiger partial charge in [0.05, 0.1) is 5.69 Å². The van der Waals surface area contributed by atoms with Gasteiger partial charge < -0.3 is 9.80 Å². The molecular formula is C66H69BN2. The van der Waals surface area contributed by atoms with Crippen LogP contribution in [0.2, 0.25) is 0 Å². The third kappa shape index (κ3) is 7.37. The van der Waals surface area contributed by atoms with E-state index in [0.717, 1.165) is 0 Å². The molecule has 0 amide bonds. The summed E-state index contributed by atoms with van der Waals surface area (Å²) in [5.74, 6) is 0. The van der Waals surface area contributed by atoms with Crippen LogP contribution in [0.4, 0.5) is 34.1 Å². The lowest BCUT2D eigenvalue weighted by Crippen LogP contribution is -2.62. The lowest BCUT2D eigenvalue weighted by molar-refractivity contribution is 0.589. The summed E-state index contributed by atoms with van der Waals surface area (Å²) in [6.45, 7) is 35.2. The van der Waals surface area contributed by atoms with Gasteiger partial charge in [0.1, 0.15) is 0 Å². The molecule has 9 aromatic rings. The van der Waals surface area contributed by atoms with Gasteiger partial charge in [0.25, 0.3) is 6.71 Å². The van der Waals surface area contributed by atoms with Crippen molar-refractivity contribution in [1.29, 1.82) is 0 Å². The highest BCUT2D eigenvalue weighted by atomic mass is 15.2. The van der Waals surface area contributed by atoms with Crippen molar-refractivity contribution < 1.29 is 0 Å². The van der Waals surface area contributed by atoms with E-state index in [1.165, 1.54) is 122 Å². The second kappa shape index (κ2) is 15.1. The normalized spacial score (nSPS) is 14.2. The summed E-state index contributed by atoms with van der Waals surface area (Å²) in [6.07, 6.45) is 0. The minimum atomic E-state index is -0.130. The summed E-state index contributed by atoms with van der Waals surface area (Å²) >= 11 is 0. The molecule has 11 rings (SSSR count). The van der Waals surface area contributed by atoms with Crippen LogP contribution in [0.5, 0.6) is 0 Å². The Balaban J connectivity index is 1.26. The molecule has 0 spiro atoms. The Labute approximate surface area is 412 Å².